The van der Waals surface area contributed by atoms with Crippen LogP contribution in [-0.2, 0) is 4.79 Å². The molecule has 0 aliphatic carbocycles. The lowest BCUT2D eigenvalue weighted by Gasteiger charge is -2.34. The number of hydrogen-bond donors (Lipinski definition) is 2. The maximum Gasteiger partial charge on any atom is 0.254 e. The number of nitrogens with two attached hydrogens (primary N) is 1. The number of carbonyl (C=O) groups is 3. The molecule has 0 bridgehead atoms. The molecular formula is C24H30N4O5. The van der Waals surface area contributed by atoms with Crippen molar-refractivity contribution in [1.82, 2.24) is 9.80 Å². The summed E-state index contributed by atoms with van der Waals surface area (Å²) in [6.07, 6.45) is 1.01. The maximum absolute atomic E-state index is 12.9. The quantitative estimate of drug-likeness (QED) is 0.599. The summed E-state index contributed by atoms with van der Waals surface area (Å²) in [6, 6.07) is 11.9. The van der Waals surface area contributed by atoms with Crippen LogP contribution in [0.2, 0.25) is 0 Å². The van der Waals surface area contributed by atoms with E-state index in [0.717, 1.165) is 19.6 Å². The van der Waals surface area contributed by atoms with Crippen molar-refractivity contribution >= 4 is 23.4 Å². The van der Waals surface area contributed by atoms with E-state index in [1.54, 1.807) is 56.7 Å². The molecule has 0 aromatic heterocycles. The number of para-hydroxylation sites is 1. The van der Waals surface area contributed by atoms with Crippen molar-refractivity contribution in [2.24, 2.45) is 5.73 Å². The van der Waals surface area contributed by atoms with Crippen LogP contribution in [0.25, 0.3) is 0 Å². The van der Waals surface area contributed by atoms with Crippen LogP contribution in [0.4, 0.5) is 5.69 Å². The minimum atomic E-state index is -0.577. The first-order valence-corrected chi connectivity index (χ1v) is 10.8. The predicted octanol–water partition coefficient (Wildman–Crippen LogP) is 1.98. The van der Waals surface area contributed by atoms with Gasteiger partial charge in [0.05, 0.1) is 25.5 Å². The number of nitrogens with one attached hydrogen (secondary N) is 1. The van der Waals surface area contributed by atoms with Gasteiger partial charge in [0.1, 0.15) is 0 Å². The lowest BCUT2D eigenvalue weighted by atomic mass is 10.1. The van der Waals surface area contributed by atoms with Gasteiger partial charge in [-0.25, -0.2) is 0 Å². The average molecular weight is 455 g/mol. The fraction of sp³-hybridized carbons (Fsp3) is 0.375. The van der Waals surface area contributed by atoms with E-state index < -0.39 is 5.91 Å². The summed E-state index contributed by atoms with van der Waals surface area (Å²) < 4.78 is 10.5. The highest BCUT2D eigenvalue weighted by molar-refractivity contribution is 6.03. The Hall–Kier alpha value is -3.59. The van der Waals surface area contributed by atoms with Gasteiger partial charge < -0.3 is 25.4 Å². The van der Waals surface area contributed by atoms with E-state index in [0.29, 0.717) is 54.2 Å². The van der Waals surface area contributed by atoms with Crippen LogP contribution in [0.3, 0.4) is 0 Å². The number of carbonyl (C=O) groups excluding carboxylic acids is 3. The Morgan fingerprint density at radius 1 is 0.970 bits per heavy atom. The molecule has 2 aromatic rings. The Labute approximate surface area is 193 Å². The van der Waals surface area contributed by atoms with Crippen LogP contribution in [0.15, 0.2) is 42.5 Å². The first-order valence-electron chi connectivity index (χ1n) is 10.8. The number of rotatable bonds is 9. The molecule has 0 radical (unpaired) electrons. The molecule has 9 heteroatoms. The topological polar surface area (TPSA) is 114 Å². The van der Waals surface area contributed by atoms with Crippen LogP contribution in [-0.4, -0.2) is 74.5 Å². The van der Waals surface area contributed by atoms with Gasteiger partial charge in [0, 0.05) is 38.2 Å². The fourth-order valence-corrected chi connectivity index (χ4v) is 3.81. The molecule has 3 N–H and O–H groups in total. The van der Waals surface area contributed by atoms with Gasteiger partial charge in [-0.15, -0.1) is 0 Å². The molecule has 2 aromatic carbocycles. The first-order chi connectivity index (χ1) is 15.9. The zero-order valence-electron chi connectivity index (χ0n) is 19.0. The zero-order chi connectivity index (χ0) is 23.8. The van der Waals surface area contributed by atoms with Crippen molar-refractivity contribution in [1.29, 1.82) is 0 Å². The van der Waals surface area contributed by atoms with Crippen LogP contribution in [0.5, 0.6) is 11.5 Å². The van der Waals surface area contributed by atoms with Gasteiger partial charge in [-0.2, -0.15) is 0 Å². The highest BCUT2D eigenvalue weighted by atomic mass is 16.5. The van der Waals surface area contributed by atoms with Gasteiger partial charge in [-0.1, -0.05) is 12.1 Å². The lowest BCUT2D eigenvalue weighted by Crippen LogP contribution is -2.48. The van der Waals surface area contributed by atoms with E-state index in [1.807, 2.05) is 4.90 Å². The normalized spacial score (nSPS) is 13.9. The van der Waals surface area contributed by atoms with Crippen LogP contribution in [0, 0.1) is 0 Å². The smallest absolute Gasteiger partial charge is 0.254 e. The summed E-state index contributed by atoms with van der Waals surface area (Å²) in [5.41, 5.74) is 6.63. The molecule has 1 fully saturated rings. The van der Waals surface area contributed by atoms with Crippen molar-refractivity contribution in [2.45, 2.75) is 12.8 Å². The zero-order valence-corrected chi connectivity index (χ0v) is 19.0. The molecule has 9 nitrogen and oxygen atoms in total. The third kappa shape index (κ3) is 6.23. The number of benzene rings is 2. The van der Waals surface area contributed by atoms with Gasteiger partial charge in [0.15, 0.2) is 11.5 Å². The number of hydrogen-bond acceptors (Lipinski definition) is 6. The number of nitrogens with zero attached hydrogens (tertiary/aromatic N) is 2. The van der Waals surface area contributed by atoms with Crippen molar-refractivity contribution in [3.63, 3.8) is 0 Å². The second-order valence-electron chi connectivity index (χ2n) is 7.77. The molecule has 0 atom stereocenters. The van der Waals surface area contributed by atoms with E-state index >= 15 is 0 Å². The molecule has 33 heavy (non-hydrogen) atoms. The Bertz CT molecular complexity index is 1000. The number of primary amides is 1. The Kier molecular flexibility index (Phi) is 8.26. The highest BCUT2D eigenvalue weighted by Crippen LogP contribution is 2.28. The van der Waals surface area contributed by atoms with Crippen molar-refractivity contribution in [3.05, 3.63) is 53.6 Å². The van der Waals surface area contributed by atoms with Gasteiger partial charge >= 0.3 is 0 Å². The molecule has 1 aliphatic rings. The van der Waals surface area contributed by atoms with Gasteiger partial charge in [-0.05, 0) is 43.3 Å². The summed E-state index contributed by atoms with van der Waals surface area (Å²) in [7, 11) is 3.10. The Morgan fingerprint density at radius 3 is 2.33 bits per heavy atom. The van der Waals surface area contributed by atoms with Crippen molar-refractivity contribution < 1.29 is 23.9 Å². The lowest BCUT2D eigenvalue weighted by molar-refractivity contribution is -0.116. The Morgan fingerprint density at radius 2 is 1.67 bits per heavy atom. The van der Waals surface area contributed by atoms with Crippen LogP contribution < -0.4 is 20.5 Å². The summed E-state index contributed by atoms with van der Waals surface area (Å²) >= 11 is 0. The third-order valence-corrected chi connectivity index (χ3v) is 5.63. The number of ether oxygens (including phenoxy) is 2. The SMILES string of the molecule is COc1ccc(C(=O)N2CCN(CCCC(=O)Nc3ccccc3C(N)=O)CC2)cc1OC. The minimum absolute atomic E-state index is 0.0388. The van der Waals surface area contributed by atoms with Crippen molar-refractivity contribution in [3.8, 4) is 11.5 Å². The summed E-state index contributed by atoms with van der Waals surface area (Å²) in [5.74, 6) is 0.334. The molecule has 1 saturated heterocycles. The van der Waals surface area contributed by atoms with E-state index in [2.05, 4.69) is 10.2 Å². The third-order valence-electron chi connectivity index (χ3n) is 5.63. The Balaban J connectivity index is 1.43. The first kappa shape index (κ1) is 24.1. The summed E-state index contributed by atoms with van der Waals surface area (Å²) in [4.78, 5) is 40.7. The number of methoxy groups -OCH3 is 2. The summed E-state index contributed by atoms with van der Waals surface area (Å²) in [5, 5.41) is 2.76. The van der Waals surface area contributed by atoms with Crippen LogP contribution >= 0.6 is 0 Å². The molecule has 1 heterocycles. The molecule has 0 unspecified atom stereocenters. The molecule has 0 saturated carbocycles. The number of anilines is 1. The molecule has 3 amide bonds. The molecule has 176 valence electrons. The predicted molar refractivity (Wildman–Crippen MR) is 125 cm³/mol. The van der Waals surface area contributed by atoms with Crippen LogP contribution in [0.1, 0.15) is 33.6 Å². The van der Waals surface area contributed by atoms with Gasteiger partial charge in [0.25, 0.3) is 11.8 Å². The van der Waals surface area contributed by atoms with E-state index in [4.69, 9.17) is 15.2 Å². The fourth-order valence-electron chi connectivity index (χ4n) is 3.81. The molecular weight excluding hydrogens is 424 g/mol. The second kappa shape index (κ2) is 11.3. The van der Waals surface area contributed by atoms with Gasteiger partial charge in [-0.3, -0.25) is 19.3 Å². The van der Waals surface area contributed by atoms with E-state index in [9.17, 15) is 14.4 Å². The summed E-state index contributed by atoms with van der Waals surface area (Å²) in [6.45, 7) is 3.47. The molecule has 3 rings (SSSR count). The second-order valence-corrected chi connectivity index (χ2v) is 7.77. The highest BCUT2D eigenvalue weighted by Gasteiger charge is 2.23. The average Bonchev–Trinajstić information content (AvgIpc) is 2.83. The number of piperazine rings is 1. The monoisotopic (exact) mass is 454 g/mol. The standard InChI is InChI=1S/C24H30N4O5/c1-32-20-10-9-17(16-21(20)33-2)24(31)28-14-12-27(13-15-28)11-5-8-22(29)26-19-7-4-3-6-18(19)23(25)30/h3-4,6-7,9-10,16H,5,8,11-15H2,1-2H3,(H2,25,30)(H,26,29). The molecule has 1 aliphatic heterocycles. The van der Waals surface area contributed by atoms with E-state index in [1.165, 1.54) is 0 Å². The maximum atomic E-state index is 12.9. The number of amides is 3. The molecule has 0 spiro atoms. The van der Waals surface area contributed by atoms with Gasteiger partial charge in [0.2, 0.25) is 5.91 Å². The van der Waals surface area contributed by atoms with Crippen molar-refractivity contribution in [2.75, 3.05) is 52.3 Å². The minimum Gasteiger partial charge on any atom is -0.493 e. The van der Waals surface area contributed by atoms with E-state index in [-0.39, 0.29) is 11.8 Å². The largest absolute Gasteiger partial charge is 0.493 e.